The van der Waals surface area contributed by atoms with E-state index in [1.807, 2.05) is 11.8 Å². The monoisotopic (exact) mass is 709 g/mol. The maximum atomic E-state index is 17.0. The molecule has 2 aliphatic heterocycles. The molecule has 4 aliphatic rings. The van der Waals surface area contributed by atoms with E-state index < -0.39 is 29.1 Å². The molecule has 0 amide bonds. The highest BCUT2D eigenvalue weighted by molar-refractivity contribution is 6.01. The number of aliphatic hydroxyl groups is 1. The maximum absolute atomic E-state index is 17.0. The number of ether oxygens (including phenoxy) is 2. The molecule has 2 saturated carbocycles. The van der Waals surface area contributed by atoms with Gasteiger partial charge < -0.3 is 24.6 Å². The standard InChI is InChI=1S/C38H43F4N5O4/c1-3-25-28(39)8-7-22-14-24(48)15-26(30(22)25)32-31(40)33-27(17-43-32)34(47-12-13-50-20-36(2,49)19-47)45-35(44-33)51-21-37-9-4-6-29(37)46(11-5-10-37)18-23-16-38(23,41)42/h7-8,14-15,17,23,29,48-49H,3-6,9-13,16,18-21H2,1-2H3. The highest BCUT2D eigenvalue weighted by Crippen LogP contribution is 2.53. The summed E-state index contributed by atoms with van der Waals surface area (Å²) >= 11 is 0. The topological polar surface area (TPSA) is 104 Å². The lowest BCUT2D eigenvalue weighted by Gasteiger charge is -2.46. The number of anilines is 1. The summed E-state index contributed by atoms with van der Waals surface area (Å²) < 4.78 is 72.0. The molecule has 2 N–H and O–H groups in total. The number of aromatic nitrogens is 3. The maximum Gasteiger partial charge on any atom is 0.319 e. The SMILES string of the molecule is CCc1c(F)ccc2cc(O)cc(-c3ncc4c(N5CCOCC(C)(O)C5)nc(OCC56CCCC5N(CC5CC5(F)F)CCC6)nc4c3F)c12. The van der Waals surface area contributed by atoms with E-state index in [9.17, 15) is 19.0 Å². The van der Waals surface area contributed by atoms with Crippen LogP contribution in [0.25, 0.3) is 32.9 Å². The second-order valence-corrected chi connectivity index (χ2v) is 15.3. The molecule has 2 aromatic heterocycles. The summed E-state index contributed by atoms with van der Waals surface area (Å²) in [5.41, 5.74) is -1.07. The Kier molecular flexibility index (Phi) is 8.54. The predicted octanol–water partition coefficient (Wildman–Crippen LogP) is 6.65. The van der Waals surface area contributed by atoms with E-state index in [1.54, 1.807) is 13.0 Å². The van der Waals surface area contributed by atoms with E-state index in [1.165, 1.54) is 24.4 Å². The number of β-amino-alcohol motifs (C(OH)–C–C–N with tert-alkyl or cyclic N) is 1. The lowest BCUT2D eigenvalue weighted by Crippen LogP contribution is -2.52. The molecule has 4 heterocycles. The number of nitrogens with zero attached hydrogens (tertiary/aromatic N) is 5. The van der Waals surface area contributed by atoms with Crippen molar-refractivity contribution < 1.29 is 37.2 Å². The van der Waals surface area contributed by atoms with Crippen molar-refractivity contribution in [3.63, 3.8) is 0 Å². The Bertz CT molecular complexity index is 2000. The number of hydrogen-bond donors (Lipinski definition) is 2. The molecule has 0 bridgehead atoms. The minimum atomic E-state index is -2.58. The van der Waals surface area contributed by atoms with E-state index >= 15 is 8.78 Å². The number of phenols is 1. The molecule has 4 fully saturated rings. The molecule has 4 atom stereocenters. The number of alkyl halides is 2. The lowest BCUT2D eigenvalue weighted by molar-refractivity contribution is -0.0124. The molecule has 0 radical (unpaired) electrons. The third-order valence-electron chi connectivity index (χ3n) is 11.5. The Morgan fingerprint density at radius 1 is 1.10 bits per heavy atom. The number of hydrogen-bond acceptors (Lipinski definition) is 9. The molecule has 2 aliphatic carbocycles. The Morgan fingerprint density at radius 2 is 1.90 bits per heavy atom. The first kappa shape index (κ1) is 34.3. The summed E-state index contributed by atoms with van der Waals surface area (Å²) in [6.07, 6.45) is 6.23. The number of fused-ring (bicyclic) bond motifs is 3. The lowest BCUT2D eigenvalue weighted by atomic mass is 9.75. The molecule has 0 spiro atoms. The van der Waals surface area contributed by atoms with Gasteiger partial charge in [-0.1, -0.05) is 19.4 Å². The van der Waals surface area contributed by atoms with E-state index in [-0.39, 0.29) is 66.2 Å². The second-order valence-electron chi connectivity index (χ2n) is 15.3. The fraction of sp³-hybridized carbons (Fsp3) is 0.553. The Labute approximate surface area is 293 Å². The van der Waals surface area contributed by atoms with Crippen molar-refractivity contribution in [1.82, 2.24) is 19.9 Å². The van der Waals surface area contributed by atoms with Gasteiger partial charge >= 0.3 is 6.01 Å². The van der Waals surface area contributed by atoms with Crippen LogP contribution in [0, 0.1) is 23.0 Å². The van der Waals surface area contributed by atoms with Crippen LogP contribution in [-0.4, -0.2) is 93.6 Å². The number of aryl methyl sites for hydroxylation is 1. The van der Waals surface area contributed by atoms with Crippen LogP contribution in [-0.2, 0) is 11.2 Å². The highest BCUT2D eigenvalue weighted by Gasteiger charge is 2.59. The van der Waals surface area contributed by atoms with Crippen LogP contribution in [0.5, 0.6) is 11.8 Å². The van der Waals surface area contributed by atoms with Crippen molar-refractivity contribution >= 4 is 27.5 Å². The smallest absolute Gasteiger partial charge is 0.319 e. The van der Waals surface area contributed by atoms with E-state index in [2.05, 4.69) is 14.9 Å². The molecule has 4 aromatic rings. The molecule has 2 aromatic carbocycles. The van der Waals surface area contributed by atoms with Crippen molar-refractivity contribution in [3.8, 4) is 23.0 Å². The zero-order chi connectivity index (χ0) is 35.7. The summed E-state index contributed by atoms with van der Waals surface area (Å²) in [4.78, 5) is 18.0. The summed E-state index contributed by atoms with van der Waals surface area (Å²) in [5.74, 6) is -4.21. The van der Waals surface area contributed by atoms with Gasteiger partial charge in [-0.05, 0) is 80.1 Å². The van der Waals surface area contributed by atoms with Gasteiger partial charge in [0, 0.05) is 48.6 Å². The Balaban J connectivity index is 1.21. The number of likely N-dealkylation sites (tertiary alicyclic amines) is 1. The van der Waals surface area contributed by atoms with Crippen molar-refractivity contribution in [2.45, 2.75) is 76.4 Å². The first-order valence-electron chi connectivity index (χ1n) is 18.0. The third kappa shape index (κ3) is 6.24. The van der Waals surface area contributed by atoms with Gasteiger partial charge in [0.2, 0.25) is 0 Å². The van der Waals surface area contributed by atoms with Gasteiger partial charge in [0.25, 0.3) is 5.92 Å². The molecule has 4 unspecified atom stereocenters. The zero-order valence-electron chi connectivity index (χ0n) is 28.9. The van der Waals surface area contributed by atoms with Crippen LogP contribution < -0.4 is 9.64 Å². The van der Waals surface area contributed by atoms with Crippen LogP contribution >= 0.6 is 0 Å². The highest BCUT2D eigenvalue weighted by atomic mass is 19.3. The van der Waals surface area contributed by atoms with Crippen molar-refractivity contribution in [1.29, 1.82) is 0 Å². The first-order valence-corrected chi connectivity index (χ1v) is 18.0. The van der Waals surface area contributed by atoms with Gasteiger partial charge in [-0.2, -0.15) is 9.97 Å². The number of phenolic OH excluding ortho intramolecular Hbond substituents is 1. The van der Waals surface area contributed by atoms with Gasteiger partial charge in [-0.3, -0.25) is 9.88 Å². The van der Waals surface area contributed by atoms with Gasteiger partial charge in [0.15, 0.2) is 5.82 Å². The van der Waals surface area contributed by atoms with Crippen LogP contribution in [0.2, 0.25) is 0 Å². The Morgan fingerprint density at radius 3 is 2.69 bits per heavy atom. The van der Waals surface area contributed by atoms with Crippen LogP contribution in [0.3, 0.4) is 0 Å². The number of halogens is 4. The average molecular weight is 710 g/mol. The fourth-order valence-corrected chi connectivity index (χ4v) is 8.92. The van der Waals surface area contributed by atoms with Crippen molar-refractivity contribution in [2.75, 3.05) is 50.9 Å². The number of piperidine rings is 1. The minimum Gasteiger partial charge on any atom is -0.508 e. The van der Waals surface area contributed by atoms with Gasteiger partial charge in [0.1, 0.15) is 34.2 Å². The summed E-state index contributed by atoms with van der Waals surface area (Å²) in [6.45, 7) is 5.78. The number of rotatable bonds is 8. The van der Waals surface area contributed by atoms with Gasteiger partial charge in [-0.25, -0.2) is 17.6 Å². The summed E-state index contributed by atoms with van der Waals surface area (Å²) in [7, 11) is 0. The molecule has 2 saturated heterocycles. The van der Waals surface area contributed by atoms with Gasteiger partial charge in [-0.15, -0.1) is 0 Å². The number of benzene rings is 2. The zero-order valence-corrected chi connectivity index (χ0v) is 28.9. The normalized spacial score (nSPS) is 27.9. The molecule has 272 valence electrons. The summed E-state index contributed by atoms with van der Waals surface area (Å²) in [6, 6.07) is 5.81. The third-order valence-corrected chi connectivity index (χ3v) is 11.5. The Hall–Kier alpha value is -3.81. The van der Waals surface area contributed by atoms with Crippen LogP contribution in [0.15, 0.2) is 30.5 Å². The quantitative estimate of drug-likeness (QED) is 0.195. The van der Waals surface area contributed by atoms with E-state index in [0.717, 1.165) is 38.6 Å². The number of pyridine rings is 1. The minimum absolute atomic E-state index is 0.0507. The first-order chi connectivity index (χ1) is 24.4. The van der Waals surface area contributed by atoms with Crippen LogP contribution in [0.4, 0.5) is 23.4 Å². The average Bonchev–Trinajstić information content (AvgIpc) is 3.53. The molecular weight excluding hydrogens is 666 g/mol. The van der Waals surface area contributed by atoms with E-state index in [0.29, 0.717) is 53.7 Å². The summed E-state index contributed by atoms with van der Waals surface area (Å²) in [5, 5.41) is 23.0. The van der Waals surface area contributed by atoms with Crippen molar-refractivity contribution in [2.24, 2.45) is 11.3 Å². The number of aromatic hydroxyl groups is 1. The molecule has 9 nitrogen and oxygen atoms in total. The van der Waals surface area contributed by atoms with E-state index in [4.69, 9.17) is 14.5 Å². The molecular formula is C38H43F4N5O4. The molecule has 51 heavy (non-hydrogen) atoms. The van der Waals surface area contributed by atoms with Crippen LogP contribution in [0.1, 0.15) is 57.9 Å². The predicted molar refractivity (Wildman–Crippen MR) is 184 cm³/mol. The van der Waals surface area contributed by atoms with Crippen molar-refractivity contribution in [3.05, 3.63) is 47.7 Å². The fourth-order valence-electron chi connectivity index (χ4n) is 8.92. The molecule has 13 heteroatoms. The van der Waals surface area contributed by atoms with Gasteiger partial charge in [0.05, 0.1) is 31.8 Å². The molecule has 8 rings (SSSR count). The second kappa shape index (κ2) is 12.7. The largest absolute Gasteiger partial charge is 0.508 e.